The molecule has 1 aromatic carbocycles. The highest BCUT2D eigenvalue weighted by Gasteiger charge is 2.38. The van der Waals surface area contributed by atoms with Gasteiger partial charge in [-0.3, -0.25) is 0 Å². The zero-order valence-electron chi connectivity index (χ0n) is 11.6. The van der Waals surface area contributed by atoms with Gasteiger partial charge in [0.2, 0.25) is 0 Å². The lowest BCUT2D eigenvalue weighted by atomic mass is 9.87. The molecular weight excluding hydrogens is 289 g/mol. The van der Waals surface area contributed by atoms with Crippen LogP contribution in [-0.2, 0) is 0 Å². The predicted molar refractivity (Wildman–Crippen MR) is 80.9 cm³/mol. The minimum Gasteiger partial charge on any atom is -0.341 e. The Kier molecular flexibility index (Phi) is 3.11. The van der Waals surface area contributed by atoms with Crippen molar-refractivity contribution < 1.29 is 4.39 Å². The molecule has 21 heavy (non-hydrogen) atoms. The van der Waals surface area contributed by atoms with Crippen LogP contribution in [0.3, 0.4) is 0 Å². The van der Waals surface area contributed by atoms with Gasteiger partial charge in [0, 0.05) is 0 Å². The lowest BCUT2D eigenvalue weighted by Crippen LogP contribution is -2.27. The van der Waals surface area contributed by atoms with Gasteiger partial charge in [0.25, 0.3) is 0 Å². The molecule has 0 saturated heterocycles. The SMILES string of the molecule is Cc1cc(C#N)cc2[nH]c(C3C(F)=CC=C[C@@]3(C)Cl)nc12. The Morgan fingerprint density at radius 1 is 1.48 bits per heavy atom. The first-order chi connectivity index (χ1) is 9.92. The number of fused-ring (bicyclic) bond motifs is 1. The quantitative estimate of drug-likeness (QED) is 0.801. The number of aromatic nitrogens is 2. The van der Waals surface area contributed by atoms with Crippen LogP contribution in [0.15, 0.2) is 36.2 Å². The smallest absolute Gasteiger partial charge is 0.119 e. The minimum absolute atomic E-state index is 0.327. The second-order valence-corrected chi connectivity index (χ2v) is 6.23. The van der Waals surface area contributed by atoms with Gasteiger partial charge in [0.15, 0.2) is 0 Å². The van der Waals surface area contributed by atoms with E-state index in [0.29, 0.717) is 11.4 Å². The first-order valence-electron chi connectivity index (χ1n) is 6.56. The molecule has 5 heteroatoms. The molecule has 3 rings (SSSR count). The topological polar surface area (TPSA) is 52.5 Å². The van der Waals surface area contributed by atoms with Crippen molar-refractivity contribution in [2.24, 2.45) is 0 Å². The van der Waals surface area contributed by atoms with E-state index in [1.165, 1.54) is 6.08 Å². The van der Waals surface area contributed by atoms with E-state index in [9.17, 15) is 4.39 Å². The van der Waals surface area contributed by atoms with E-state index in [4.69, 9.17) is 16.9 Å². The number of alkyl halides is 1. The molecule has 0 radical (unpaired) electrons. The third-order valence-electron chi connectivity index (χ3n) is 3.72. The van der Waals surface area contributed by atoms with Crippen molar-refractivity contribution in [1.82, 2.24) is 9.97 Å². The predicted octanol–water partition coefficient (Wildman–Crippen LogP) is 4.25. The fraction of sp³-hybridized carbons (Fsp3) is 0.250. The molecule has 0 fully saturated rings. The average Bonchev–Trinajstić information content (AvgIpc) is 2.81. The van der Waals surface area contributed by atoms with Crippen LogP contribution >= 0.6 is 11.6 Å². The fourth-order valence-electron chi connectivity index (χ4n) is 2.70. The number of nitriles is 1. The van der Waals surface area contributed by atoms with Crippen molar-refractivity contribution in [3.8, 4) is 6.07 Å². The molecule has 0 amide bonds. The van der Waals surface area contributed by atoms with Crippen molar-refractivity contribution in [2.45, 2.75) is 24.6 Å². The normalized spacial score (nSPS) is 24.9. The van der Waals surface area contributed by atoms with Crippen molar-refractivity contribution in [3.05, 3.63) is 53.1 Å². The molecule has 2 aromatic rings. The molecule has 1 aromatic heterocycles. The summed E-state index contributed by atoms with van der Waals surface area (Å²) in [5.74, 6) is -0.521. The van der Waals surface area contributed by atoms with E-state index in [0.717, 1.165) is 16.6 Å². The number of halogens is 2. The Balaban J connectivity index is 2.18. The highest BCUT2D eigenvalue weighted by molar-refractivity contribution is 6.26. The lowest BCUT2D eigenvalue weighted by Gasteiger charge is -2.28. The summed E-state index contributed by atoms with van der Waals surface area (Å²) in [5, 5.41) is 9.02. The van der Waals surface area contributed by atoms with Crippen molar-refractivity contribution >= 4 is 22.6 Å². The number of aromatic amines is 1. The largest absolute Gasteiger partial charge is 0.341 e. The van der Waals surface area contributed by atoms with Crippen molar-refractivity contribution in [1.29, 1.82) is 5.26 Å². The maximum absolute atomic E-state index is 14.2. The highest BCUT2D eigenvalue weighted by atomic mass is 35.5. The van der Waals surface area contributed by atoms with Gasteiger partial charge >= 0.3 is 0 Å². The van der Waals surface area contributed by atoms with Crippen molar-refractivity contribution in [2.75, 3.05) is 0 Å². The van der Waals surface area contributed by atoms with Crippen molar-refractivity contribution in [3.63, 3.8) is 0 Å². The third-order valence-corrected chi connectivity index (χ3v) is 4.06. The van der Waals surface area contributed by atoms with E-state index in [-0.39, 0.29) is 5.83 Å². The van der Waals surface area contributed by atoms with Crippen LogP contribution in [0.1, 0.15) is 29.8 Å². The van der Waals surface area contributed by atoms with Gasteiger partial charge < -0.3 is 4.98 Å². The molecule has 1 heterocycles. The molecule has 0 saturated carbocycles. The van der Waals surface area contributed by atoms with E-state index in [2.05, 4.69) is 16.0 Å². The van der Waals surface area contributed by atoms with Gasteiger partial charge in [-0.05, 0) is 37.6 Å². The number of nitrogens with one attached hydrogen (secondary N) is 1. The summed E-state index contributed by atoms with van der Waals surface area (Å²) < 4.78 is 14.2. The molecule has 3 nitrogen and oxygen atoms in total. The fourth-order valence-corrected chi connectivity index (χ4v) is 2.98. The molecule has 106 valence electrons. The first-order valence-corrected chi connectivity index (χ1v) is 6.94. The number of H-pyrrole nitrogens is 1. The molecule has 1 aliphatic carbocycles. The van der Waals surface area contributed by atoms with Gasteiger partial charge in [-0.1, -0.05) is 12.2 Å². The van der Waals surface area contributed by atoms with Gasteiger partial charge in [0.05, 0.1) is 33.5 Å². The maximum Gasteiger partial charge on any atom is 0.119 e. The molecular formula is C16H13ClFN3. The molecule has 2 atom stereocenters. The second kappa shape index (κ2) is 4.71. The zero-order valence-corrected chi connectivity index (χ0v) is 12.4. The molecule has 1 aliphatic rings. The monoisotopic (exact) mass is 301 g/mol. The van der Waals surface area contributed by atoms with Crippen LogP contribution in [0.4, 0.5) is 4.39 Å². The molecule has 0 bridgehead atoms. The summed E-state index contributed by atoms with van der Waals surface area (Å²) in [4.78, 5) is 6.72. The summed E-state index contributed by atoms with van der Waals surface area (Å²) in [6, 6.07) is 5.58. The summed E-state index contributed by atoms with van der Waals surface area (Å²) in [5.41, 5.74) is 2.87. The molecule has 1 N–H and O–H groups in total. The van der Waals surface area contributed by atoms with Crippen LogP contribution in [-0.4, -0.2) is 14.8 Å². The second-order valence-electron chi connectivity index (χ2n) is 5.42. The van der Waals surface area contributed by atoms with Gasteiger partial charge in [-0.15, -0.1) is 11.6 Å². The number of benzene rings is 1. The molecule has 0 spiro atoms. The minimum atomic E-state index is -0.876. The standard InChI is InChI=1S/C16H13ClFN3/c1-9-6-10(8-19)7-12-14(9)21-15(20-12)13-11(18)4-3-5-16(13,2)17/h3-7,13H,1-2H3,(H,20,21)/t13?,16-/m1/s1. The first kappa shape index (κ1) is 13.8. The number of allylic oxidation sites excluding steroid dienone is 4. The third kappa shape index (κ3) is 2.24. The Bertz CT molecular complexity index is 824. The maximum atomic E-state index is 14.2. The van der Waals surface area contributed by atoms with Crippen LogP contribution in [0.5, 0.6) is 0 Å². The average molecular weight is 302 g/mol. The zero-order chi connectivity index (χ0) is 15.2. The lowest BCUT2D eigenvalue weighted by molar-refractivity contribution is 0.481. The number of hydrogen-bond acceptors (Lipinski definition) is 2. The number of rotatable bonds is 1. The highest BCUT2D eigenvalue weighted by Crippen LogP contribution is 2.42. The summed E-state index contributed by atoms with van der Waals surface area (Å²) in [7, 11) is 0. The van der Waals surface area contributed by atoms with Gasteiger partial charge in [-0.25, -0.2) is 9.37 Å². The Labute approximate surface area is 126 Å². The van der Waals surface area contributed by atoms with E-state index < -0.39 is 10.8 Å². The van der Waals surface area contributed by atoms with E-state index in [1.807, 2.05) is 6.92 Å². The number of hydrogen-bond donors (Lipinski definition) is 1. The summed E-state index contributed by atoms with van der Waals surface area (Å²) >= 11 is 6.41. The Hall–Kier alpha value is -2.12. The van der Waals surface area contributed by atoms with Gasteiger partial charge in [-0.2, -0.15) is 5.26 Å². The number of nitrogens with zero attached hydrogens (tertiary/aromatic N) is 2. The molecule has 1 unspecified atom stereocenters. The Morgan fingerprint density at radius 2 is 2.24 bits per heavy atom. The van der Waals surface area contributed by atoms with Crippen LogP contribution < -0.4 is 0 Å². The van der Waals surface area contributed by atoms with Crippen LogP contribution in [0.25, 0.3) is 11.0 Å². The van der Waals surface area contributed by atoms with E-state index >= 15 is 0 Å². The van der Waals surface area contributed by atoms with Crippen LogP contribution in [0, 0.1) is 18.3 Å². The summed E-state index contributed by atoms with van der Waals surface area (Å²) in [6.45, 7) is 3.63. The Morgan fingerprint density at radius 3 is 2.90 bits per heavy atom. The number of imidazole rings is 1. The molecule has 0 aliphatic heterocycles. The van der Waals surface area contributed by atoms with Crippen LogP contribution in [0.2, 0.25) is 0 Å². The summed E-state index contributed by atoms with van der Waals surface area (Å²) in [6.07, 6.45) is 4.76. The number of aryl methyl sites for hydroxylation is 1. The van der Waals surface area contributed by atoms with Gasteiger partial charge in [0.1, 0.15) is 11.7 Å². The van der Waals surface area contributed by atoms with E-state index in [1.54, 1.807) is 31.2 Å².